The predicted octanol–water partition coefficient (Wildman–Crippen LogP) is 9.19. The number of benzene rings is 6. The fourth-order valence-corrected chi connectivity index (χ4v) is 5.37. The molecule has 0 aliphatic carbocycles. The van der Waals surface area contributed by atoms with E-state index in [-0.39, 0.29) is 23.1 Å². The second-order valence-electron chi connectivity index (χ2n) is 12.1. The minimum absolute atomic E-state index is 0.0490. The number of carboxylic acid groups (broad SMARTS) is 1. The molecule has 6 rings (SSSR count). The Labute approximate surface area is 304 Å². The molecule has 0 saturated carbocycles. The average Bonchev–Trinajstić information content (AvgIpc) is 3.18. The van der Waals surface area contributed by atoms with Crippen LogP contribution >= 0.6 is 0 Å². The van der Waals surface area contributed by atoms with E-state index in [1.165, 1.54) is 17.2 Å². The Morgan fingerprint density at radius 2 is 0.904 bits per heavy atom. The second kappa shape index (κ2) is 18.9. The molecule has 0 unspecified atom stereocenters. The number of carboxylic acids is 1. The Kier molecular flexibility index (Phi) is 13.3. The Balaban J connectivity index is 0.000000202. The number of carbonyl (C=O) groups excluding carboxylic acids is 2. The first-order valence-electron chi connectivity index (χ1n) is 17.1. The lowest BCUT2D eigenvalue weighted by atomic mass is 10.1. The van der Waals surface area contributed by atoms with E-state index in [0.717, 1.165) is 42.0 Å². The number of amides is 2. The summed E-state index contributed by atoms with van der Waals surface area (Å²) >= 11 is 0. The van der Waals surface area contributed by atoms with Gasteiger partial charge in [-0.05, 0) is 91.1 Å². The zero-order valence-corrected chi connectivity index (χ0v) is 29.0. The van der Waals surface area contributed by atoms with E-state index < -0.39 is 5.97 Å². The Morgan fingerprint density at radius 1 is 0.500 bits per heavy atom. The molecule has 0 bridgehead atoms. The number of rotatable bonds is 13. The van der Waals surface area contributed by atoms with E-state index in [0.29, 0.717) is 17.7 Å². The van der Waals surface area contributed by atoms with Crippen molar-refractivity contribution >= 4 is 40.5 Å². The smallest absolute Gasteiger partial charge is 0.337 e. The van der Waals surface area contributed by atoms with Gasteiger partial charge in [-0.25, -0.2) is 4.79 Å². The number of hydrogen-bond donors (Lipinski definition) is 5. The van der Waals surface area contributed by atoms with Gasteiger partial charge in [0.25, 0.3) is 11.8 Å². The maximum Gasteiger partial charge on any atom is 0.337 e. The minimum atomic E-state index is -1.09. The molecule has 0 aromatic heterocycles. The molecule has 8 heteroatoms. The molecule has 2 amide bonds. The first kappa shape index (κ1) is 36.6. The van der Waals surface area contributed by atoms with Crippen LogP contribution in [-0.4, -0.2) is 36.0 Å². The van der Waals surface area contributed by atoms with Crippen molar-refractivity contribution in [3.63, 3.8) is 0 Å². The molecule has 52 heavy (non-hydrogen) atoms. The van der Waals surface area contributed by atoms with E-state index >= 15 is 0 Å². The van der Waals surface area contributed by atoms with E-state index in [2.05, 4.69) is 57.7 Å². The summed E-state index contributed by atoms with van der Waals surface area (Å²) < 4.78 is 0. The maximum atomic E-state index is 12.4. The monoisotopic (exact) mass is 690 g/mol. The summed E-state index contributed by atoms with van der Waals surface area (Å²) in [6.07, 6.45) is 1.80. The first-order chi connectivity index (χ1) is 25.4. The van der Waals surface area contributed by atoms with Gasteiger partial charge in [0.15, 0.2) is 0 Å². The highest BCUT2D eigenvalue weighted by molar-refractivity contribution is 6.08. The molecule has 6 aromatic carbocycles. The number of carbonyl (C=O) groups is 3. The topological polar surface area (TPSA) is 120 Å². The van der Waals surface area contributed by atoms with Crippen molar-refractivity contribution in [3.8, 4) is 0 Å². The number of aryl methyl sites for hydroxylation is 1. The molecule has 0 radical (unpaired) electrons. The van der Waals surface area contributed by atoms with Crippen molar-refractivity contribution in [2.75, 3.05) is 34.4 Å². The predicted molar refractivity (Wildman–Crippen MR) is 211 cm³/mol. The van der Waals surface area contributed by atoms with Gasteiger partial charge in [-0.1, -0.05) is 103 Å². The van der Waals surface area contributed by atoms with Crippen LogP contribution in [0.4, 0.5) is 22.7 Å². The second-order valence-corrected chi connectivity index (χ2v) is 12.1. The van der Waals surface area contributed by atoms with Crippen LogP contribution in [0.15, 0.2) is 158 Å². The number of nitrogens with one attached hydrogen (secondary N) is 4. The molecule has 0 heterocycles. The Bertz CT molecular complexity index is 2060. The molecule has 0 aliphatic heterocycles. The van der Waals surface area contributed by atoms with Crippen LogP contribution in [0.2, 0.25) is 0 Å². The van der Waals surface area contributed by atoms with Crippen LogP contribution in [0, 0.1) is 6.92 Å². The normalized spacial score (nSPS) is 10.2. The third-order valence-corrected chi connectivity index (χ3v) is 8.23. The largest absolute Gasteiger partial charge is 0.478 e. The molecule has 5 N–H and O–H groups in total. The van der Waals surface area contributed by atoms with Crippen molar-refractivity contribution in [2.24, 2.45) is 0 Å². The van der Waals surface area contributed by atoms with Gasteiger partial charge in [0.05, 0.1) is 11.3 Å². The summed E-state index contributed by atoms with van der Waals surface area (Å²) in [5.74, 6) is -1.53. The number of aromatic carboxylic acids is 1. The number of anilines is 4. The Morgan fingerprint density at radius 3 is 1.37 bits per heavy atom. The van der Waals surface area contributed by atoms with Crippen LogP contribution in [0.3, 0.4) is 0 Å². The van der Waals surface area contributed by atoms with Gasteiger partial charge < -0.3 is 26.4 Å². The van der Waals surface area contributed by atoms with Crippen LogP contribution in [0.25, 0.3) is 0 Å². The zero-order valence-electron chi connectivity index (χ0n) is 29.0. The molecule has 0 aliphatic rings. The molecular weight excluding hydrogens is 649 g/mol. The highest BCUT2D eigenvalue weighted by atomic mass is 16.4. The fraction of sp³-hybridized carbons (Fsp3) is 0.114. The summed E-state index contributed by atoms with van der Waals surface area (Å²) in [7, 11) is 0. The standard InChI is InChI=1S/C22H20N2O3.C22H22N2O/c25-21(17-9-5-2-6-10-17)24-20-15-18(11-12-19(20)22(26)27)23-14-13-16-7-3-1-4-8-16;1-17-12-13-20(23-15-14-18-8-4-2-5-9-18)16-21(17)24-22(25)19-10-6-3-7-11-19/h1-12,15,23H,13-14H2,(H,24,25)(H,26,27);2-13,16,23H,14-15H2,1H3,(H,24,25). The first-order valence-corrected chi connectivity index (χ1v) is 17.1. The van der Waals surface area contributed by atoms with Crippen LogP contribution in [0.1, 0.15) is 47.8 Å². The maximum absolute atomic E-state index is 12.4. The summed E-state index contributed by atoms with van der Waals surface area (Å²) in [4.78, 5) is 36.2. The van der Waals surface area contributed by atoms with Crippen molar-refractivity contribution < 1.29 is 19.5 Å². The van der Waals surface area contributed by atoms with Crippen molar-refractivity contribution in [3.05, 3.63) is 191 Å². The van der Waals surface area contributed by atoms with Gasteiger partial charge in [-0.3, -0.25) is 9.59 Å². The SMILES string of the molecule is Cc1ccc(NCCc2ccccc2)cc1NC(=O)c1ccccc1.O=C(Nc1cc(NCCc2ccccc2)ccc1C(=O)O)c1ccccc1. The van der Waals surface area contributed by atoms with E-state index in [4.69, 9.17) is 0 Å². The average molecular weight is 691 g/mol. The third-order valence-electron chi connectivity index (χ3n) is 8.23. The van der Waals surface area contributed by atoms with Gasteiger partial charge in [0, 0.05) is 41.3 Å². The molecule has 8 nitrogen and oxygen atoms in total. The summed E-state index contributed by atoms with van der Waals surface area (Å²) in [6.45, 7) is 3.54. The summed E-state index contributed by atoms with van der Waals surface area (Å²) in [5.41, 5.74) is 7.58. The van der Waals surface area contributed by atoms with Crippen molar-refractivity contribution in [1.82, 2.24) is 0 Å². The molecule has 0 atom stereocenters. The van der Waals surface area contributed by atoms with Gasteiger partial charge in [0.2, 0.25) is 0 Å². The van der Waals surface area contributed by atoms with Gasteiger partial charge >= 0.3 is 5.97 Å². The van der Waals surface area contributed by atoms with Crippen LogP contribution in [0.5, 0.6) is 0 Å². The summed E-state index contributed by atoms with van der Waals surface area (Å²) in [5, 5.41) is 21.8. The quantitative estimate of drug-likeness (QED) is 0.0825. The Hall–Kier alpha value is -6.67. The molecular formula is C44H42N4O4. The molecule has 0 spiro atoms. The lowest BCUT2D eigenvalue weighted by molar-refractivity contribution is 0.0697. The molecule has 6 aromatic rings. The van der Waals surface area contributed by atoms with E-state index in [1.54, 1.807) is 36.4 Å². The zero-order chi connectivity index (χ0) is 36.5. The minimum Gasteiger partial charge on any atom is -0.478 e. The molecule has 0 saturated heterocycles. The van der Waals surface area contributed by atoms with E-state index in [9.17, 15) is 19.5 Å². The highest BCUT2D eigenvalue weighted by Crippen LogP contribution is 2.23. The van der Waals surface area contributed by atoms with Crippen molar-refractivity contribution in [2.45, 2.75) is 19.8 Å². The van der Waals surface area contributed by atoms with Crippen LogP contribution < -0.4 is 21.3 Å². The lowest BCUT2D eigenvalue weighted by Gasteiger charge is -2.12. The van der Waals surface area contributed by atoms with Crippen molar-refractivity contribution in [1.29, 1.82) is 0 Å². The van der Waals surface area contributed by atoms with Crippen LogP contribution in [-0.2, 0) is 12.8 Å². The fourth-order valence-electron chi connectivity index (χ4n) is 5.37. The lowest BCUT2D eigenvalue weighted by Crippen LogP contribution is -2.15. The third kappa shape index (κ3) is 11.2. The summed E-state index contributed by atoms with van der Waals surface area (Å²) in [6, 6.07) is 49.3. The molecule has 262 valence electrons. The van der Waals surface area contributed by atoms with Gasteiger partial charge in [-0.2, -0.15) is 0 Å². The number of hydrogen-bond acceptors (Lipinski definition) is 5. The van der Waals surface area contributed by atoms with Gasteiger partial charge in [-0.15, -0.1) is 0 Å². The highest BCUT2D eigenvalue weighted by Gasteiger charge is 2.14. The molecule has 0 fully saturated rings. The van der Waals surface area contributed by atoms with E-state index in [1.807, 2.05) is 85.8 Å². The van der Waals surface area contributed by atoms with Gasteiger partial charge in [0.1, 0.15) is 0 Å².